The van der Waals surface area contributed by atoms with Gasteiger partial charge in [-0.3, -0.25) is 0 Å². The molecule has 0 radical (unpaired) electrons. The fraction of sp³-hybridized carbons (Fsp3) is 0.231. The number of nitrogens with one attached hydrogen (secondary N) is 1. The third kappa shape index (κ3) is 3.21. The molecular weight excluding hydrogens is 316 g/mol. The summed E-state index contributed by atoms with van der Waals surface area (Å²) in [5.74, 6) is 0.870. The van der Waals surface area contributed by atoms with Crippen molar-refractivity contribution in [3.05, 3.63) is 45.8 Å². The van der Waals surface area contributed by atoms with Crippen molar-refractivity contribution in [1.29, 1.82) is 0 Å². The normalized spacial score (nSPS) is 10.4. The minimum Gasteiger partial charge on any atom is -0.452 e. The number of benzene rings is 1. The molecule has 0 saturated heterocycles. The van der Waals surface area contributed by atoms with Gasteiger partial charge in [-0.2, -0.15) is 0 Å². The summed E-state index contributed by atoms with van der Waals surface area (Å²) in [6, 6.07) is 9.70. The third-order valence-electron chi connectivity index (χ3n) is 2.53. The van der Waals surface area contributed by atoms with E-state index in [1.807, 2.05) is 49.3 Å². The molecule has 0 aliphatic heterocycles. The first-order valence-corrected chi connectivity index (χ1v) is 6.68. The highest BCUT2D eigenvalue weighted by Crippen LogP contribution is 2.27. The van der Waals surface area contributed by atoms with Crippen molar-refractivity contribution in [2.24, 2.45) is 0 Å². The average molecular weight is 330 g/mol. The fourth-order valence-corrected chi connectivity index (χ4v) is 2.31. The molecule has 1 aromatic carbocycles. The molecule has 2 rings (SSSR count). The lowest BCUT2D eigenvalue weighted by Gasteiger charge is -2.15. The van der Waals surface area contributed by atoms with Crippen LogP contribution in [0.15, 0.2) is 39.4 Å². The summed E-state index contributed by atoms with van der Waals surface area (Å²) in [5, 5.41) is 3.99. The predicted octanol–water partition coefficient (Wildman–Crippen LogP) is 4.37. The van der Waals surface area contributed by atoms with Gasteiger partial charge < -0.3 is 14.6 Å². The molecule has 0 aliphatic carbocycles. The Balaban J connectivity index is 2.04. The van der Waals surface area contributed by atoms with Gasteiger partial charge in [0.15, 0.2) is 4.67 Å². The number of halogens is 2. The summed E-state index contributed by atoms with van der Waals surface area (Å²) in [6.07, 6.45) is 0. The Labute approximate surface area is 120 Å². The van der Waals surface area contributed by atoms with Crippen LogP contribution in [0.5, 0.6) is 0 Å². The van der Waals surface area contributed by atoms with Gasteiger partial charge in [0.1, 0.15) is 5.76 Å². The van der Waals surface area contributed by atoms with Crippen molar-refractivity contribution in [3.8, 4) is 0 Å². The Morgan fingerprint density at radius 2 is 2.06 bits per heavy atom. The summed E-state index contributed by atoms with van der Waals surface area (Å²) in [4.78, 5) is 1.98. The van der Waals surface area contributed by atoms with Gasteiger partial charge in [-0.05, 0) is 46.3 Å². The Kier molecular flexibility index (Phi) is 4.19. The molecule has 0 fully saturated rings. The van der Waals surface area contributed by atoms with E-state index in [9.17, 15) is 0 Å². The van der Waals surface area contributed by atoms with Gasteiger partial charge in [0.25, 0.3) is 0 Å². The summed E-state index contributed by atoms with van der Waals surface area (Å²) in [6.45, 7) is 0.628. The molecule has 96 valence electrons. The molecular formula is C13H14BrClN2O. The van der Waals surface area contributed by atoms with Crippen molar-refractivity contribution in [3.63, 3.8) is 0 Å². The second kappa shape index (κ2) is 5.67. The first-order chi connectivity index (χ1) is 8.56. The molecule has 0 unspecified atom stereocenters. The molecule has 0 spiro atoms. The van der Waals surface area contributed by atoms with Crippen molar-refractivity contribution < 1.29 is 4.42 Å². The van der Waals surface area contributed by atoms with Crippen molar-refractivity contribution in [2.75, 3.05) is 24.3 Å². The molecule has 0 atom stereocenters. The lowest BCUT2D eigenvalue weighted by atomic mass is 10.2. The Morgan fingerprint density at radius 1 is 1.28 bits per heavy atom. The minimum atomic E-state index is 0.628. The largest absolute Gasteiger partial charge is 0.452 e. The highest BCUT2D eigenvalue weighted by molar-refractivity contribution is 9.10. The lowest BCUT2D eigenvalue weighted by molar-refractivity contribution is 0.495. The van der Waals surface area contributed by atoms with Crippen molar-refractivity contribution in [2.45, 2.75) is 6.54 Å². The van der Waals surface area contributed by atoms with Crippen LogP contribution in [-0.2, 0) is 6.54 Å². The SMILES string of the molecule is CN(C)c1ccc(NCc2ccc(Br)o2)cc1Cl. The highest BCUT2D eigenvalue weighted by atomic mass is 79.9. The van der Waals surface area contributed by atoms with Crippen LogP contribution >= 0.6 is 27.5 Å². The van der Waals surface area contributed by atoms with E-state index in [-0.39, 0.29) is 0 Å². The van der Waals surface area contributed by atoms with E-state index in [1.54, 1.807) is 0 Å². The summed E-state index contributed by atoms with van der Waals surface area (Å²) in [5.41, 5.74) is 1.97. The third-order valence-corrected chi connectivity index (χ3v) is 3.25. The first-order valence-electron chi connectivity index (χ1n) is 5.51. The fourth-order valence-electron chi connectivity index (χ4n) is 1.62. The van der Waals surface area contributed by atoms with Crippen molar-refractivity contribution >= 4 is 38.9 Å². The molecule has 18 heavy (non-hydrogen) atoms. The molecule has 0 amide bonds. The van der Waals surface area contributed by atoms with E-state index in [2.05, 4.69) is 21.2 Å². The van der Waals surface area contributed by atoms with Crippen LogP contribution < -0.4 is 10.2 Å². The van der Waals surface area contributed by atoms with Crippen LogP contribution in [-0.4, -0.2) is 14.1 Å². The standard InChI is InChI=1S/C13H14BrClN2O/c1-17(2)12-5-3-9(7-11(12)15)16-8-10-4-6-13(14)18-10/h3-7,16H,8H2,1-2H3. The van der Waals surface area contributed by atoms with Gasteiger partial charge in [0.05, 0.1) is 17.3 Å². The van der Waals surface area contributed by atoms with Gasteiger partial charge in [0, 0.05) is 19.8 Å². The first kappa shape index (κ1) is 13.3. The highest BCUT2D eigenvalue weighted by Gasteiger charge is 2.04. The zero-order chi connectivity index (χ0) is 13.1. The van der Waals surface area contributed by atoms with Gasteiger partial charge in [0.2, 0.25) is 0 Å². The van der Waals surface area contributed by atoms with Crippen LogP contribution in [0.2, 0.25) is 5.02 Å². The van der Waals surface area contributed by atoms with E-state index in [0.717, 1.165) is 26.8 Å². The van der Waals surface area contributed by atoms with E-state index >= 15 is 0 Å². The summed E-state index contributed by atoms with van der Waals surface area (Å²) < 4.78 is 6.15. The molecule has 0 bridgehead atoms. The maximum absolute atomic E-state index is 6.20. The number of hydrogen-bond acceptors (Lipinski definition) is 3. The second-order valence-corrected chi connectivity index (χ2v) is 5.31. The maximum Gasteiger partial charge on any atom is 0.169 e. The quantitative estimate of drug-likeness (QED) is 0.902. The van der Waals surface area contributed by atoms with E-state index in [1.165, 1.54) is 0 Å². The van der Waals surface area contributed by atoms with E-state index in [0.29, 0.717) is 6.54 Å². The van der Waals surface area contributed by atoms with Gasteiger partial charge >= 0.3 is 0 Å². The zero-order valence-electron chi connectivity index (χ0n) is 10.2. The summed E-state index contributed by atoms with van der Waals surface area (Å²) >= 11 is 9.47. The molecule has 3 nitrogen and oxygen atoms in total. The lowest BCUT2D eigenvalue weighted by Crippen LogP contribution is -2.09. The van der Waals surface area contributed by atoms with Crippen LogP contribution in [0.1, 0.15) is 5.76 Å². The topological polar surface area (TPSA) is 28.4 Å². The molecule has 2 aromatic rings. The number of hydrogen-bond donors (Lipinski definition) is 1. The average Bonchev–Trinajstić information content (AvgIpc) is 2.72. The number of furan rings is 1. The maximum atomic E-state index is 6.20. The molecule has 1 heterocycles. The Morgan fingerprint density at radius 3 is 2.61 bits per heavy atom. The summed E-state index contributed by atoms with van der Waals surface area (Å²) in [7, 11) is 3.93. The minimum absolute atomic E-state index is 0.628. The molecule has 0 aliphatic rings. The molecule has 1 N–H and O–H groups in total. The predicted molar refractivity (Wildman–Crippen MR) is 79.5 cm³/mol. The van der Waals surface area contributed by atoms with Gasteiger partial charge in [-0.25, -0.2) is 0 Å². The van der Waals surface area contributed by atoms with Crippen LogP contribution in [0, 0.1) is 0 Å². The van der Waals surface area contributed by atoms with Gasteiger partial charge in [-0.1, -0.05) is 11.6 Å². The zero-order valence-corrected chi connectivity index (χ0v) is 12.5. The number of rotatable bonds is 4. The van der Waals surface area contributed by atoms with Crippen LogP contribution in [0.4, 0.5) is 11.4 Å². The van der Waals surface area contributed by atoms with Gasteiger partial charge in [-0.15, -0.1) is 0 Å². The molecule has 0 saturated carbocycles. The smallest absolute Gasteiger partial charge is 0.169 e. The van der Waals surface area contributed by atoms with Crippen molar-refractivity contribution in [1.82, 2.24) is 0 Å². The number of nitrogens with zero attached hydrogens (tertiary/aromatic N) is 1. The second-order valence-electron chi connectivity index (χ2n) is 4.12. The molecule has 5 heteroatoms. The Hall–Kier alpha value is -1.13. The van der Waals surface area contributed by atoms with Crippen LogP contribution in [0.3, 0.4) is 0 Å². The van der Waals surface area contributed by atoms with Crippen LogP contribution in [0.25, 0.3) is 0 Å². The number of anilines is 2. The Bertz CT molecular complexity index is 540. The van der Waals surface area contributed by atoms with E-state index in [4.69, 9.17) is 16.0 Å². The van der Waals surface area contributed by atoms with E-state index < -0.39 is 0 Å². The molecule has 1 aromatic heterocycles. The monoisotopic (exact) mass is 328 g/mol.